The Labute approximate surface area is 817 Å². The molecule has 0 bridgehead atoms. The summed E-state index contributed by atoms with van der Waals surface area (Å²) >= 11 is 5.43. The highest BCUT2D eigenvalue weighted by atomic mass is 35.5. The predicted molar refractivity (Wildman–Crippen MR) is 517 cm³/mol. The molecule has 8 N–H and O–H groups in total. The zero-order chi connectivity index (χ0) is 104. The van der Waals surface area contributed by atoms with E-state index in [1.165, 1.54) is 91.0 Å². The smallest absolute Gasteiger partial charge is 0.358 e. The Morgan fingerprint density at radius 2 is 0.709 bits per heavy atom. The van der Waals surface area contributed by atoms with Gasteiger partial charge in [-0.05, 0) is 233 Å². The van der Waals surface area contributed by atoms with E-state index in [-0.39, 0.29) is 92.5 Å². The van der Waals surface area contributed by atoms with Gasteiger partial charge in [0, 0.05) is 42.5 Å². The molecule has 13 rings (SSSR count). The van der Waals surface area contributed by atoms with E-state index in [9.17, 15) is 47.9 Å². The van der Waals surface area contributed by atoms with Crippen LogP contribution in [0.3, 0.4) is 0 Å². The zero-order valence-electron chi connectivity index (χ0n) is 80.6. The lowest BCUT2D eigenvalue weighted by atomic mass is 10.1. The number of pyridine rings is 2. The Bertz CT molecular complexity index is 6190. The number of ether oxygens (including phenoxy) is 10. The maximum absolute atomic E-state index is 12.3. The quantitative estimate of drug-likeness (QED) is 0.0115. The van der Waals surface area contributed by atoms with Crippen LogP contribution in [0.15, 0.2) is 247 Å². The largest absolute Gasteiger partial charge is 0.508 e. The number of aliphatic hydroxyl groups excluding tert-OH is 1. The maximum Gasteiger partial charge on any atom is 0.358 e. The molecule has 0 aliphatic carbocycles. The first kappa shape index (κ1) is 116. The first-order valence-electron chi connectivity index (χ1n) is 42.6. The van der Waals surface area contributed by atoms with Crippen molar-refractivity contribution in [2.75, 3.05) is 48.8 Å². The molecule has 141 heavy (non-hydrogen) atoms. The van der Waals surface area contributed by atoms with Gasteiger partial charge in [-0.15, -0.1) is 51.0 Å². The normalized spacial score (nSPS) is 10.7. The summed E-state index contributed by atoms with van der Waals surface area (Å²) in [7, 11) is 6.39. The number of hydrogen-bond donors (Lipinski definition) is 7. The molecule has 0 aliphatic heterocycles. The number of H-pyrrole nitrogens is 2. The number of carbonyl (C=O) groups is 8. The van der Waals surface area contributed by atoms with Gasteiger partial charge in [0.2, 0.25) is 0 Å². The molecule has 0 spiro atoms. The number of halogens is 1. The first-order valence-corrected chi connectivity index (χ1v) is 42.9. The SMILES string of the molecule is C=C(C)OCC.C=C(OCC)c1ccc(C(=O)OC)nn1.CC(Oc1ccccc1)c1ccc(C(=O)O)nn1.COC(=O)c1ccc(C(C)=O)nn1.COC(=O)c1ccc(C(C)O)nn1.COC(=O)c1ccc(C(C)Oc2ccccc2)nn1.COC(=O)c1ccc(Cl)nn1.Cc1cc(C)c(CN)c(=O)[nH]1.Cc1cc(C)c(CNC(=O)c2ccc(C(C)Oc3ccccc3)nn2)c(=O)[nH]1.Oc1ccccc1. The number of aromatic amines is 2. The van der Waals surface area contributed by atoms with Crippen molar-refractivity contribution >= 4 is 64.9 Å². The van der Waals surface area contributed by atoms with Crippen LogP contribution in [0.5, 0.6) is 23.0 Å². The van der Waals surface area contributed by atoms with Gasteiger partial charge >= 0.3 is 35.8 Å². The number of nitrogens with one attached hydrogen (secondary N) is 3. The van der Waals surface area contributed by atoms with Gasteiger partial charge in [-0.3, -0.25) is 19.2 Å². The Balaban J connectivity index is 0.000000335. The lowest BCUT2D eigenvalue weighted by Gasteiger charge is -2.13. The lowest BCUT2D eigenvalue weighted by Crippen LogP contribution is -2.28. The van der Waals surface area contributed by atoms with Crippen molar-refractivity contribution in [2.45, 2.75) is 121 Å². The van der Waals surface area contributed by atoms with Gasteiger partial charge in [0.05, 0.1) is 66.3 Å². The molecule has 0 saturated heterocycles. The number of nitrogens with two attached hydrogens (primary N) is 1. The summed E-state index contributed by atoms with van der Waals surface area (Å²) in [6.45, 7) is 30.4. The molecular weight excluding hydrogens is 1840 g/mol. The summed E-state index contributed by atoms with van der Waals surface area (Å²) in [5.41, 5.74) is 13.6. The van der Waals surface area contributed by atoms with Crippen molar-refractivity contribution in [1.82, 2.24) is 86.7 Å². The number of carboxylic acids is 1. The Morgan fingerprint density at radius 1 is 0.404 bits per heavy atom. The molecule has 9 aromatic heterocycles. The summed E-state index contributed by atoms with van der Waals surface area (Å²) in [6, 6.07) is 62.2. The molecule has 4 aromatic carbocycles. The number of benzene rings is 4. The average molecular weight is 1960 g/mol. The van der Waals surface area contributed by atoms with E-state index >= 15 is 0 Å². The van der Waals surface area contributed by atoms with Gasteiger partial charge in [-0.25, -0.2) is 28.8 Å². The van der Waals surface area contributed by atoms with Crippen LogP contribution in [0, 0.1) is 27.7 Å². The van der Waals surface area contributed by atoms with Gasteiger partial charge < -0.3 is 83.7 Å². The summed E-state index contributed by atoms with van der Waals surface area (Å²) in [5, 5.41) is 81.4. The van der Waals surface area contributed by atoms with Crippen molar-refractivity contribution in [3.05, 3.63) is 371 Å². The van der Waals surface area contributed by atoms with E-state index in [4.69, 9.17) is 56.3 Å². The van der Waals surface area contributed by atoms with Gasteiger partial charge in [0.15, 0.2) is 50.8 Å². The standard InChI is InChI=1S/C21H22N4O3.C14H14N2O3.C13H12N2O3.C10H12N2O3.C8H10N2O3.C8H8N2O3.C8H12N2O.C6H5ClN2O2.C6H6O.C5H10O/c1-13-11-14(2)23-20(26)17(13)12-22-21(27)19-10-9-18(24-25-19)15(3)28-16-7-5-4-6-8-16;1-10(19-11-6-4-3-5-7-11)12-8-9-13(16-15-12)14(17)18-2;1-9(18-10-5-3-2-4-6-10)11-7-8-12(13(16)17)15-14-11;1-4-15-7(2)8-5-6-9(12-11-8)10(13)14-3;2*1-5(11)6-3-4-7(10-9-6)8(12)13-2;1-5-3-6(2)10-8(11)7(5)4-9;1-11-6(10)4-2-3-5(7)9-8-4;7-6-4-2-1-3-5-6;1-4-6-5(2)3/h4-11,15H,12H2,1-3H3,(H,22,27)(H,23,26);3-10H,1-2H3;2-9H,1H3,(H,16,17);5-6H,2,4H2,1,3H3;3-5,11H,1-2H3;3-4H,1-2H3;3H,4,9H2,1-2H3,(H,10,11);2-3H,1H3;1-5,7H;2,4H2,1,3H3. The molecule has 0 radical (unpaired) electrons. The monoisotopic (exact) mass is 1950 g/mol. The second-order valence-corrected chi connectivity index (χ2v) is 28.9. The zero-order valence-corrected chi connectivity index (χ0v) is 81.3. The molecule has 41 nitrogen and oxygen atoms in total. The predicted octanol–water partition coefficient (Wildman–Crippen LogP) is 13.9. The number of aryl methyl sites for hydroxylation is 4. The third-order valence-corrected chi connectivity index (χ3v) is 17.9. The number of Topliss-reactive ketones (excluding diaryl/α,β-unsaturated/α-hetero) is 1. The summed E-state index contributed by atoms with van der Waals surface area (Å²) < 4.78 is 49.4. The number of ketones is 1. The summed E-state index contributed by atoms with van der Waals surface area (Å²) in [4.78, 5) is 117. The molecule has 742 valence electrons. The van der Waals surface area contributed by atoms with Crippen LogP contribution < -0.4 is 36.4 Å². The highest BCUT2D eigenvalue weighted by Crippen LogP contribution is 2.24. The minimum Gasteiger partial charge on any atom is -0.508 e. The van der Waals surface area contributed by atoms with Crippen molar-refractivity contribution < 1.29 is 101 Å². The fraction of sp³-hybridized carbons (Fsp3) is 0.253. The number of hydrogen-bond acceptors (Lipinski definition) is 37. The Hall–Kier alpha value is -17.2. The Kier molecular flexibility index (Phi) is 52.0. The number of rotatable bonds is 26. The number of phenols is 1. The molecule has 1 amide bonds. The molecule has 9 heterocycles. The molecular formula is C99H111ClN18O23. The van der Waals surface area contributed by atoms with Crippen molar-refractivity contribution in [2.24, 2.45) is 5.73 Å². The molecule has 4 atom stereocenters. The van der Waals surface area contributed by atoms with Crippen molar-refractivity contribution in [1.29, 1.82) is 0 Å². The van der Waals surface area contributed by atoms with E-state index in [1.54, 1.807) is 67.6 Å². The second-order valence-electron chi connectivity index (χ2n) is 28.5. The van der Waals surface area contributed by atoms with Crippen LogP contribution >= 0.6 is 11.6 Å². The number of amides is 1. The van der Waals surface area contributed by atoms with Gasteiger partial charge in [-0.2, -0.15) is 20.4 Å². The number of methoxy groups -OCH3 is 5. The van der Waals surface area contributed by atoms with E-state index in [2.05, 4.69) is 124 Å². The molecule has 4 unspecified atom stereocenters. The molecule has 0 saturated carbocycles. The molecule has 0 fully saturated rings. The minimum absolute atomic E-state index is 0.0648. The van der Waals surface area contributed by atoms with E-state index in [1.807, 2.05) is 178 Å². The van der Waals surface area contributed by atoms with Crippen LogP contribution in [-0.2, 0) is 46.2 Å². The van der Waals surface area contributed by atoms with Crippen LogP contribution in [0.2, 0.25) is 5.15 Å². The maximum atomic E-state index is 12.3. The van der Waals surface area contributed by atoms with Crippen LogP contribution in [-0.4, -0.2) is 193 Å². The van der Waals surface area contributed by atoms with Gasteiger partial charge in [-0.1, -0.05) is 97.6 Å². The van der Waals surface area contributed by atoms with Crippen molar-refractivity contribution in [3.63, 3.8) is 0 Å². The van der Waals surface area contributed by atoms with Gasteiger partial charge in [0.25, 0.3) is 17.0 Å². The van der Waals surface area contributed by atoms with Crippen LogP contribution in [0.4, 0.5) is 0 Å². The number of aromatic carboxylic acids is 1. The van der Waals surface area contributed by atoms with E-state index in [0.29, 0.717) is 64.3 Å². The third kappa shape index (κ3) is 43.1. The number of carboxylic acid groups (broad SMARTS) is 1. The summed E-state index contributed by atoms with van der Waals surface area (Å²) in [6.07, 6.45) is -1.52. The number of para-hydroxylation sites is 4. The molecule has 0 aliphatic rings. The topological polar surface area (TPSA) is 574 Å². The van der Waals surface area contributed by atoms with E-state index in [0.717, 1.165) is 52.1 Å². The number of allylic oxidation sites excluding steroid dienone is 1. The number of nitrogens with zero attached hydrogens (tertiary/aromatic N) is 14. The fourth-order valence-corrected chi connectivity index (χ4v) is 10.7. The van der Waals surface area contributed by atoms with Crippen molar-refractivity contribution in [3.8, 4) is 23.0 Å². The third-order valence-electron chi connectivity index (χ3n) is 17.7. The average Bonchev–Trinajstić information content (AvgIpc) is 0.656. The van der Waals surface area contributed by atoms with Crippen LogP contribution in [0.25, 0.3) is 5.76 Å². The minimum atomic E-state index is -1.09. The Morgan fingerprint density at radius 3 is 0.979 bits per heavy atom. The lowest BCUT2D eigenvalue weighted by molar-refractivity contribution is 0.0583. The number of aliphatic hydroxyl groups is 1. The first-order chi connectivity index (χ1) is 67.3. The number of aromatic nitrogens is 16. The highest BCUT2D eigenvalue weighted by molar-refractivity contribution is 6.29. The van der Waals surface area contributed by atoms with Gasteiger partial charge in [0.1, 0.15) is 75.5 Å². The summed E-state index contributed by atoms with van der Waals surface area (Å²) in [5.74, 6) is -0.556. The fourth-order valence-electron chi connectivity index (χ4n) is 10.6. The number of carbonyl (C=O) groups excluding carboxylic acids is 7. The van der Waals surface area contributed by atoms with E-state index < -0.39 is 47.8 Å². The highest BCUT2D eigenvalue weighted by Gasteiger charge is 2.19. The molecule has 13 aromatic rings. The number of esters is 5. The second kappa shape index (κ2) is 63.2. The molecule has 42 heteroatoms. The number of phenolic OH excluding ortho intramolecular Hbond substituents is 1. The number of aromatic hydroxyl groups is 1. The van der Waals surface area contributed by atoms with Crippen LogP contribution in [0.1, 0.15) is 226 Å².